The Bertz CT molecular complexity index is 549. The highest BCUT2D eigenvalue weighted by molar-refractivity contribution is 5.85. The summed E-state index contributed by atoms with van der Waals surface area (Å²) in [5.74, 6) is -0.216. The first kappa shape index (κ1) is 13.1. The van der Waals surface area contributed by atoms with Crippen molar-refractivity contribution >= 4 is 5.97 Å². The summed E-state index contributed by atoms with van der Waals surface area (Å²) >= 11 is 0. The first-order valence-electron chi connectivity index (χ1n) is 5.98. The van der Waals surface area contributed by atoms with Crippen molar-refractivity contribution in [3.63, 3.8) is 0 Å². The number of nitrogens with zero attached hydrogens (tertiary/aromatic N) is 3. The summed E-state index contributed by atoms with van der Waals surface area (Å²) in [4.78, 5) is 10.8. The molecule has 0 unspecified atom stereocenters. The van der Waals surface area contributed by atoms with Crippen LogP contribution in [-0.2, 0) is 6.54 Å². The predicted octanol–water partition coefficient (Wildman–Crippen LogP) is 1.75. The highest BCUT2D eigenvalue weighted by Crippen LogP contribution is 2.11. The van der Waals surface area contributed by atoms with Gasteiger partial charge in [-0.05, 0) is 19.1 Å². The van der Waals surface area contributed by atoms with Crippen molar-refractivity contribution in [2.45, 2.75) is 19.9 Å². The maximum absolute atomic E-state index is 10.8. The molecule has 0 atom stereocenters. The first-order valence-corrected chi connectivity index (χ1v) is 5.98. The lowest BCUT2D eigenvalue weighted by atomic mass is 10.2. The van der Waals surface area contributed by atoms with Crippen molar-refractivity contribution in [1.82, 2.24) is 15.0 Å². The van der Waals surface area contributed by atoms with Gasteiger partial charge < -0.3 is 9.84 Å². The van der Waals surface area contributed by atoms with Gasteiger partial charge in [-0.2, -0.15) is 0 Å². The molecular formula is C13H15N3O3. The van der Waals surface area contributed by atoms with Gasteiger partial charge >= 0.3 is 5.97 Å². The molecule has 6 heteroatoms. The molecule has 0 radical (unpaired) electrons. The van der Waals surface area contributed by atoms with Gasteiger partial charge in [0.2, 0.25) is 0 Å². The number of hydrogen-bond donors (Lipinski definition) is 1. The summed E-state index contributed by atoms with van der Waals surface area (Å²) in [6.45, 7) is 2.98. The largest absolute Gasteiger partial charge is 0.494 e. The molecule has 1 heterocycles. The van der Waals surface area contributed by atoms with Gasteiger partial charge in [0.05, 0.1) is 12.8 Å². The number of ether oxygens (including phenoxy) is 1. The van der Waals surface area contributed by atoms with Crippen LogP contribution >= 0.6 is 0 Å². The van der Waals surface area contributed by atoms with E-state index in [2.05, 4.69) is 10.3 Å². The van der Waals surface area contributed by atoms with Crippen molar-refractivity contribution < 1.29 is 14.6 Å². The highest BCUT2D eigenvalue weighted by Gasteiger charge is 2.10. The number of carboxylic acids is 1. The van der Waals surface area contributed by atoms with E-state index in [0.717, 1.165) is 5.75 Å². The zero-order valence-corrected chi connectivity index (χ0v) is 10.6. The van der Waals surface area contributed by atoms with Gasteiger partial charge in [0.1, 0.15) is 5.75 Å². The average Bonchev–Trinajstić information content (AvgIpc) is 2.85. The van der Waals surface area contributed by atoms with Crippen molar-refractivity contribution in [3.8, 4) is 5.75 Å². The van der Waals surface area contributed by atoms with Gasteiger partial charge in [-0.25, -0.2) is 9.48 Å². The Kier molecular flexibility index (Phi) is 4.12. The molecule has 0 bridgehead atoms. The standard InChI is InChI=1S/C13H15N3O3/c1-10-3-5-11(6-4-10)19-8-2-7-16-12(13(17)18)9-14-15-16/h3-6,9H,2,7-8H2,1H3,(H,17,18). The Hall–Kier alpha value is -2.37. The molecule has 100 valence electrons. The van der Waals surface area contributed by atoms with Crippen LogP contribution in [-0.4, -0.2) is 32.7 Å². The molecule has 0 aliphatic heterocycles. The molecule has 2 rings (SSSR count). The van der Waals surface area contributed by atoms with Gasteiger partial charge in [-0.15, -0.1) is 5.10 Å². The summed E-state index contributed by atoms with van der Waals surface area (Å²) in [5, 5.41) is 16.2. The quantitative estimate of drug-likeness (QED) is 0.802. The fraction of sp³-hybridized carbons (Fsp3) is 0.308. The second-order valence-electron chi connectivity index (χ2n) is 4.16. The van der Waals surface area contributed by atoms with E-state index >= 15 is 0 Å². The van der Waals surface area contributed by atoms with Crippen LogP contribution < -0.4 is 4.74 Å². The molecule has 0 fully saturated rings. The zero-order chi connectivity index (χ0) is 13.7. The van der Waals surface area contributed by atoms with Crippen LogP contribution in [0.15, 0.2) is 30.5 Å². The second kappa shape index (κ2) is 5.99. The molecule has 1 aromatic heterocycles. The number of carboxylic acid groups (broad SMARTS) is 1. The number of rotatable bonds is 6. The Morgan fingerprint density at radius 1 is 1.37 bits per heavy atom. The third-order valence-electron chi connectivity index (χ3n) is 2.64. The Balaban J connectivity index is 1.79. The van der Waals surface area contributed by atoms with E-state index in [9.17, 15) is 4.79 Å². The molecule has 1 N–H and O–H groups in total. The van der Waals surface area contributed by atoms with Crippen LogP contribution in [0.1, 0.15) is 22.5 Å². The fourth-order valence-corrected chi connectivity index (χ4v) is 1.63. The lowest BCUT2D eigenvalue weighted by molar-refractivity contribution is 0.0682. The predicted molar refractivity (Wildman–Crippen MR) is 68.3 cm³/mol. The van der Waals surface area contributed by atoms with Crippen LogP contribution in [0, 0.1) is 6.92 Å². The number of carbonyl (C=O) groups is 1. The highest BCUT2D eigenvalue weighted by atomic mass is 16.5. The van der Waals surface area contributed by atoms with Crippen molar-refractivity contribution in [1.29, 1.82) is 0 Å². The maximum Gasteiger partial charge on any atom is 0.355 e. The molecule has 0 saturated carbocycles. The summed E-state index contributed by atoms with van der Waals surface area (Å²) in [6, 6.07) is 7.78. The number of aromatic nitrogens is 3. The topological polar surface area (TPSA) is 77.2 Å². The number of benzene rings is 1. The number of aromatic carboxylic acids is 1. The third-order valence-corrected chi connectivity index (χ3v) is 2.64. The van der Waals surface area contributed by atoms with E-state index in [-0.39, 0.29) is 5.69 Å². The monoisotopic (exact) mass is 261 g/mol. The molecule has 0 aliphatic rings. The molecule has 0 amide bonds. The molecule has 19 heavy (non-hydrogen) atoms. The SMILES string of the molecule is Cc1ccc(OCCCn2nncc2C(=O)O)cc1. The molecule has 0 saturated heterocycles. The minimum Gasteiger partial charge on any atom is -0.494 e. The summed E-state index contributed by atoms with van der Waals surface area (Å²) < 4.78 is 6.91. The van der Waals surface area contributed by atoms with Crippen LogP contribution in [0.2, 0.25) is 0 Å². The molecular weight excluding hydrogens is 246 g/mol. The third kappa shape index (κ3) is 3.54. The van der Waals surface area contributed by atoms with Gasteiger partial charge in [-0.3, -0.25) is 0 Å². The van der Waals surface area contributed by atoms with Crippen LogP contribution in [0.5, 0.6) is 5.75 Å². The summed E-state index contributed by atoms with van der Waals surface area (Å²) in [5.41, 5.74) is 1.27. The summed E-state index contributed by atoms with van der Waals surface area (Å²) in [7, 11) is 0. The number of hydrogen-bond acceptors (Lipinski definition) is 4. The van der Waals surface area contributed by atoms with Crippen LogP contribution in [0.3, 0.4) is 0 Å². The lowest BCUT2D eigenvalue weighted by Gasteiger charge is -2.07. The second-order valence-corrected chi connectivity index (χ2v) is 4.16. The molecule has 6 nitrogen and oxygen atoms in total. The Labute approximate surface area is 110 Å². The minimum atomic E-state index is -1.02. The smallest absolute Gasteiger partial charge is 0.355 e. The van der Waals surface area contributed by atoms with Crippen molar-refractivity contribution in [2.24, 2.45) is 0 Å². The Morgan fingerprint density at radius 3 is 2.79 bits per heavy atom. The first-order chi connectivity index (χ1) is 9.16. The van der Waals surface area contributed by atoms with Gasteiger partial charge in [0.15, 0.2) is 5.69 Å². The van der Waals surface area contributed by atoms with Gasteiger partial charge in [0, 0.05) is 13.0 Å². The molecule has 2 aromatic rings. The average molecular weight is 261 g/mol. The van der Waals surface area contributed by atoms with E-state index in [0.29, 0.717) is 19.6 Å². The normalized spacial score (nSPS) is 10.4. The maximum atomic E-state index is 10.8. The van der Waals surface area contributed by atoms with E-state index in [1.54, 1.807) is 0 Å². The number of aryl methyl sites for hydroxylation is 2. The fourth-order valence-electron chi connectivity index (χ4n) is 1.63. The van der Waals surface area contributed by atoms with Gasteiger partial charge in [-0.1, -0.05) is 22.9 Å². The van der Waals surface area contributed by atoms with Crippen molar-refractivity contribution in [3.05, 3.63) is 41.7 Å². The Morgan fingerprint density at radius 2 is 2.11 bits per heavy atom. The lowest BCUT2D eigenvalue weighted by Crippen LogP contribution is -2.12. The van der Waals surface area contributed by atoms with E-state index < -0.39 is 5.97 Å². The van der Waals surface area contributed by atoms with Gasteiger partial charge in [0.25, 0.3) is 0 Å². The van der Waals surface area contributed by atoms with Crippen LogP contribution in [0.25, 0.3) is 0 Å². The zero-order valence-electron chi connectivity index (χ0n) is 10.6. The molecule has 0 aliphatic carbocycles. The van der Waals surface area contributed by atoms with E-state index in [4.69, 9.17) is 9.84 Å². The van der Waals surface area contributed by atoms with Crippen LogP contribution in [0.4, 0.5) is 0 Å². The van der Waals surface area contributed by atoms with E-state index in [1.165, 1.54) is 16.4 Å². The van der Waals surface area contributed by atoms with E-state index in [1.807, 2.05) is 31.2 Å². The van der Waals surface area contributed by atoms with Crippen molar-refractivity contribution in [2.75, 3.05) is 6.61 Å². The molecule has 0 spiro atoms. The molecule has 1 aromatic carbocycles. The summed E-state index contributed by atoms with van der Waals surface area (Å²) in [6.07, 6.45) is 1.90. The minimum absolute atomic E-state index is 0.0929.